The van der Waals surface area contributed by atoms with Gasteiger partial charge in [-0.05, 0) is 49.1 Å². The maximum atomic E-state index is 13.8. The summed E-state index contributed by atoms with van der Waals surface area (Å²) in [5.41, 5.74) is 1.81. The molecule has 2 unspecified atom stereocenters. The predicted octanol–water partition coefficient (Wildman–Crippen LogP) is 2.57. The van der Waals surface area contributed by atoms with E-state index in [1.165, 1.54) is 0 Å². The van der Waals surface area contributed by atoms with Gasteiger partial charge < -0.3 is 14.8 Å². The Kier molecular flexibility index (Phi) is 3.12. The Hall–Kier alpha value is -1.29. The molecule has 98 valence electrons. The summed E-state index contributed by atoms with van der Waals surface area (Å²) < 4.78 is 24.9. The molecule has 0 amide bonds. The van der Waals surface area contributed by atoms with Crippen LogP contribution in [0.15, 0.2) is 12.1 Å². The first-order valence-electron chi connectivity index (χ1n) is 6.54. The zero-order valence-electron chi connectivity index (χ0n) is 10.5. The molecule has 0 aliphatic carbocycles. The quantitative estimate of drug-likeness (QED) is 0.876. The first kappa shape index (κ1) is 11.8. The van der Waals surface area contributed by atoms with Crippen molar-refractivity contribution in [2.75, 3.05) is 26.3 Å². The predicted molar refractivity (Wildman–Crippen MR) is 67.2 cm³/mol. The fourth-order valence-electron chi connectivity index (χ4n) is 2.74. The van der Waals surface area contributed by atoms with Crippen LogP contribution < -0.4 is 14.8 Å². The monoisotopic (exact) mass is 251 g/mol. The van der Waals surface area contributed by atoms with E-state index in [1.54, 1.807) is 6.92 Å². The van der Waals surface area contributed by atoms with Crippen LogP contribution in [-0.2, 0) is 0 Å². The highest BCUT2D eigenvalue weighted by atomic mass is 19.1. The van der Waals surface area contributed by atoms with E-state index in [1.807, 2.05) is 12.1 Å². The highest BCUT2D eigenvalue weighted by Gasteiger charge is 2.25. The van der Waals surface area contributed by atoms with Crippen LogP contribution >= 0.6 is 0 Å². The molecule has 0 spiro atoms. The van der Waals surface area contributed by atoms with Gasteiger partial charge in [-0.3, -0.25) is 0 Å². The second-order valence-electron chi connectivity index (χ2n) is 4.93. The summed E-state index contributed by atoms with van der Waals surface area (Å²) in [6.07, 6.45) is 0.0794. The highest BCUT2D eigenvalue weighted by Crippen LogP contribution is 2.40. The summed E-state index contributed by atoms with van der Waals surface area (Å²) in [7, 11) is 0. The van der Waals surface area contributed by atoms with Gasteiger partial charge in [-0.25, -0.2) is 4.39 Å². The molecule has 0 saturated carbocycles. The summed E-state index contributed by atoms with van der Waals surface area (Å²) >= 11 is 0. The molecule has 4 heteroatoms. The maximum absolute atomic E-state index is 13.8. The third-order valence-corrected chi connectivity index (χ3v) is 3.68. The SMILES string of the molecule is CC(F)c1cc2c(cc1C1CCNC1)OCCO2. The fraction of sp³-hybridized carbons (Fsp3) is 0.571. The van der Waals surface area contributed by atoms with Gasteiger partial charge in [0.2, 0.25) is 0 Å². The Bertz CT molecular complexity index is 442. The Balaban J connectivity index is 2.03. The standard InChI is InChI=1S/C14H18FNO2/c1-9(15)11-6-13-14(18-5-4-17-13)7-12(11)10-2-3-16-8-10/h6-7,9-10,16H,2-5,8H2,1H3. The summed E-state index contributed by atoms with van der Waals surface area (Å²) in [6, 6.07) is 3.78. The van der Waals surface area contributed by atoms with Gasteiger partial charge in [-0.1, -0.05) is 0 Å². The van der Waals surface area contributed by atoms with E-state index >= 15 is 0 Å². The molecule has 2 aliphatic heterocycles. The molecule has 1 aromatic carbocycles. The average Bonchev–Trinajstić information content (AvgIpc) is 2.91. The molecule has 1 saturated heterocycles. The number of alkyl halides is 1. The van der Waals surface area contributed by atoms with Crippen LogP contribution in [0, 0.1) is 0 Å². The second-order valence-corrected chi connectivity index (χ2v) is 4.93. The number of fused-ring (bicyclic) bond motifs is 1. The molecule has 0 radical (unpaired) electrons. The van der Waals surface area contributed by atoms with Crippen molar-refractivity contribution in [1.82, 2.24) is 5.32 Å². The minimum atomic E-state index is -0.976. The van der Waals surface area contributed by atoms with Crippen LogP contribution in [-0.4, -0.2) is 26.3 Å². The Morgan fingerprint density at radius 3 is 2.61 bits per heavy atom. The van der Waals surface area contributed by atoms with Gasteiger partial charge in [0.05, 0.1) is 0 Å². The van der Waals surface area contributed by atoms with Gasteiger partial charge in [0.25, 0.3) is 0 Å². The topological polar surface area (TPSA) is 30.5 Å². The molecular weight excluding hydrogens is 233 g/mol. The van der Waals surface area contributed by atoms with Crippen molar-refractivity contribution in [2.24, 2.45) is 0 Å². The molecule has 0 aromatic heterocycles. The molecule has 0 bridgehead atoms. The lowest BCUT2D eigenvalue weighted by atomic mass is 9.91. The zero-order valence-corrected chi connectivity index (χ0v) is 10.5. The smallest absolute Gasteiger partial charge is 0.161 e. The van der Waals surface area contributed by atoms with Crippen LogP contribution in [0.4, 0.5) is 4.39 Å². The number of hydrogen-bond donors (Lipinski definition) is 1. The first-order chi connectivity index (χ1) is 8.75. The van der Waals surface area contributed by atoms with E-state index in [9.17, 15) is 4.39 Å². The van der Waals surface area contributed by atoms with Crippen molar-refractivity contribution in [1.29, 1.82) is 0 Å². The number of ether oxygens (including phenoxy) is 2. The van der Waals surface area contributed by atoms with Crippen molar-refractivity contribution < 1.29 is 13.9 Å². The van der Waals surface area contributed by atoms with Crippen molar-refractivity contribution in [2.45, 2.75) is 25.4 Å². The minimum absolute atomic E-state index is 0.383. The van der Waals surface area contributed by atoms with E-state index in [0.717, 1.165) is 36.4 Å². The lowest BCUT2D eigenvalue weighted by Gasteiger charge is -2.23. The summed E-state index contributed by atoms with van der Waals surface area (Å²) in [5, 5.41) is 3.32. The molecule has 18 heavy (non-hydrogen) atoms. The van der Waals surface area contributed by atoms with Gasteiger partial charge >= 0.3 is 0 Å². The maximum Gasteiger partial charge on any atom is 0.161 e. The Morgan fingerprint density at radius 2 is 2.00 bits per heavy atom. The average molecular weight is 251 g/mol. The summed E-state index contributed by atoms with van der Waals surface area (Å²) in [5.74, 6) is 1.82. The number of halogens is 1. The Morgan fingerprint density at radius 1 is 1.28 bits per heavy atom. The third kappa shape index (κ3) is 2.05. The number of rotatable bonds is 2. The summed E-state index contributed by atoms with van der Waals surface area (Å²) in [6.45, 7) is 4.60. The lowest BCUT2D eigenvalue weighted by molar-refractivity contribution is 0.170. The van der Waals surface area contributed by atoms with Crippen LogP contribution in [0.1, 0.15) is 36.6 Å². The van der Waals surface area contributed by atoms with E-state index < -0.39 is 6.17 Å². The third-order valence-electron chi connectivity index (χ3n) is 3.68. The van der Waals surface area contributed by atoms with Gasteiger partial charge in [-0.15, -0.1) is 0 Å². The number of benzene rings is 1. The van der Waals surface area contributed by atoms with E-state index in [0.29, 0.717) is 24.9 Å². The lowest BCUT2D eigenvalue weighted by Crippen LogP contribution is -2.17. The van der Waals surface area contributed by atoms with Crippen LogP contribution in [0.3, 0.4) is 0 Å². The van der Waals surface area contributed by atoms with E-state index in [2.05, 4.69) is 5.32 Å². The molecule has 1 aromatic rings. The van der Waals surface area contributed by atoms with Crippen molar-refractivity contribution >= 4 is 0 Å². The molecular formula is C14H18FNO2. The molecule has 1 N–H and O–H groups in total. The van der Waals surface area contributed by atoms with Crippen molar-refractivity contribution in [3.8, 4) is 11.5 Å². The normalized spacial score (nSPS) is 24.0. The minimum Gasteiger partial charge on any atom is -0.486 e. The number of nitrogens with one attached hydrogen (secondary N) is 1. The van der Waals surface area contributed by atoms with E-state index in [-0.39, 0.29) is 0 Å². The molecule has 2 heterocycles. The molecule has 1 fully saturated rings. The fourth-order valence-corrected chi connectivity index (χ4v) is 2.74. The van der Waals surface area contributed by atoms with Crippen LogP contribution in [0.5, 0.6) is 11.5 Å². The highest BCUT2D eigenvalue weighted by molar-refractivity contribution is 5.50. The van der Waals surface area contributed by atoms with Gasteiger partial charge in [0.15, 0.2) is 11.5 Å². The van der Waals surface area contributed by atoms with Crippen molar-refractivity contribution in [3.63, 3.8) is 0 Å². The molecule has 3 nitrogen and oxygen atoms in total. The van der Waals surface area contributed by atoms with Crippen LogP contribution in [0.25, 0.3) is 0 Å². The van der Waals surface area contributed by atoms with E-state index in [4.69, 9.17) is 9.47 Å². The largest absolute Gasteiger partial charge is 0.486 e. The van der Waals surface area contributed by atoms with Crippen molar-refractivity contribution in [3.05, 3.63) is 23.3 Å². The van der Waals surface area contributed by atoms with Gasteiger partial charge in [-0.2, -0.15) is 0 Å². The second kappa shape index (κ2) is 4.76. The summed E-state index contributed by atoms with van der Waals surface area (Å²) in [4.78, 5) is 0. The zero-order chi connectivity index (χ0) is 12.5. The molecule has 3 rings (SSSR count). The Labute approximate surface area is 106 Å². The molecule has 2 aliphatic rings. The first-order valence-corrected chi connectivity index (χ1v) is 6.54. The van der Waals surface area contributed by atoms with Gasteiger partial charge in [0.1, 0.15) is 19.4 Å². The molecule has 2 atom stereocenters. The van der Waals surface area contributed by atoms with Gasteiger partial charge in [0, 0.05) is 6.54 Å². The van der Waals surface area contributed by atoms with Crippen LogP contribution in [0.2, 0.25) is 0 Å². The number of hydrogen-bond acceptors (Lipinski definition) is 3.